The highest BCUT2D eigenvalue weighted by molar-refractivity contribution is 5.81. The van der Waals surface area contributed by atoms with Crippen molar-refractivity contribution in [1.82, 2.24) is 5.32 Å². The first-order valence-electron chi connectivity index (χ1n) is 10.2. The highest BCUT2D eigenvalue weighted by Crippen LogP contribution is 2.07. The largest absolute Gasteiger partial charge is 0.461 e. The minimum Gasteiger partial charge on any atom is -0.461 e. The van der Waals surface area contributed by atoms with Crippen molar-refractivity contribution in [2.24, 2.45) is 0 Å². The van der Waals surface area contributed by atoms with Gasteiger partial charge in [0.15, 0.2) is 0 Å². The van der Waals surface area contributed by atoms with Gasteiger partial charge in [0.2, 0.25) is 5.91 Å². The summed E-state index contributed by atoms with van der Waals surface area (Å²) in [6, 6.07) is 0. The van der Waals surface area contributed by atoms with Crippen LogP contribution in [0.1, 0.15) is 91.9 Å². The van der Waals surface area contributed by atoms with Crippen LogP contribution >= 0.6 is 0 Å². The zero-order chi connectivity index (χ0) is 19.6. The Morgan fingerprint density at radius 2 is 1.58 bits per heavy atom. The first kappa shape index (κ1) is 24.4. The third kappa shape index (κ3) is 17.2. The Labute approximate surface area is 160 Å². The van der Waals surface area contributed by atoms with Crippen LogP contribution in [0.4, 0.5) is 0 Å². The van der Waals surface area contributed by atoms with E-state index in [9.17, 15) is 9.59 Å². The number of ether oxygens (including phenoxy) is 1. The Balaban J connectivity index is 3.65. The van der Waals surface area contributed by atoms with Crippen molar-refractivity contribution in [2.75, 3.05) is 13.2 Å². The molecule has 1 N–H and O–H groups in total. The summed E-state index contributed by atoms with van der Waals surface area (Å²) in [7, 11) is 0. The standard InChI is InChI=1S/C22H39NO3/c1-5-6-7-8-9-10-17-23-21(24)14-15-22(25)26-18-16-20(4)13-11-12-19(2)3/h12,16H,5-11,13-15,17-18H2,1-4H3,(H,23,24). The number of unbranched alkanes of at least 4 members (excludes halogenated alkanes) is 5. The van der Waals surface area contributed by atoms with Crippen molar-refractivity contribution in [2.45, 2.75) is 91.9 Å². The summed E-state index contributed by atoms with van der Waals surface area (Å²) in [5.74, 6) is -0.378. The van der Waals surface area contributed by atoms with Gasteiger partial charge in [-0.3, -0.25) is 9.59 Å². The summed E-state index contributed by atoms with van der Waals surface area (Å²) in [6.07, 6.45) is 13.7. The Morgan fingerprint density at radius 1 is 0.885 bits per heavy atom. The lowest BCUT2D eigenvalue weighted by Crippen LogP contribution is -2.25. The molecule has 1 amide bonds. The third-order valence-electron chi connectivity index (χ3n) is 4.18. The molecule has 0 bridgehead atoms. The lowest BCUT2D eigenvalue weighted by Gasteiger charge is -2.06. The Hall–Kier alpha value is -1.58. The van der Waals surface area contributed by atoms with E-state index in [0.29, 0.717) is 13.2 Å². The van der Waals surface area contributed by atoms with Crippen molar-refractivity contribution < 1.29 is 14.3 Å². The molecule has 0 aromatic rings. The second-order valence-electron chi connectivity index (χ2n) is 7.17. The summed E-state index contributed by atoms with van der Waals surface area (Å²) in [4.78, 5) is 23.4. The molecule has 0 aliphatic heterocycles. The predicted octanol–water partition coefficient (Wildman–Crippen LogP) is 5.48. The van der Waals surface area contributed by atoms with E-state index >= 15 is 0 Å². The average molecular weight is 366 g/mol. The summed E-state index contributed by atoms with van der Waals surface area (Å²) >= 11 is 0. The quantitative estimate of drug-likeness (QED) is 0.237. The van der Waals surface area contributed by atoms with Crippen molar-refractivity contribution in [3.63, 3.8) is 0 Å². The average Bonchev–Trinajstić information content (AvgIpc) is 2.59. The predicted molar refractivity (Wildman–Crippen MR) is 109 cm³/mol. The van der Waals surface area contributed by atoms with Crippen LogP contribution in [-0.2, 0) is 14.3 Å². The van der Waals surface area contributed by atoms with Gasteiger partial charge in [-0.15, -0.1) is 0 Å². The fraction of sp³-hybridized carbons (Fsp3) is 0.727. The number of carbonyl (C=O) groups is 2. The van der Waals surface area contributed by atoms with Crippen LogP contribution in [0.2, 0.25) is 0 Å². The highest BCUT2D eigenvalue weighted by atomic mass is 16.5. The minimum atomic E-state index is -0.312. The Morgan fingerprint density at radius 3 is 2.27 bits per heavy atom. The number of rotatable bonds is 15. The van der Waals surface area contributed by atoms with E-state index in [4.69, 9.17) is 4.74 Å². The van der Waals surface area contributed by atoms with Crippen LogP contribution in [0.15, 0.2) is 23.3 Å². The molecule has 0 fully saturated rings. The maximum Gasteiger partial charge on any atom is 0.306 e. The summed E-state index contributed by atoms with van der Waals surface area (Å²) in [6.45, 7) is 9.42. The first-order chi connectivity index (χ1) is 12.5. The molecule has 0 spiro atoms. The molecule has 0 aromatic carbocycles. The summed E-state index contributed by atoms with van der Waals surface area (Å²) < 4.78 is 5.16. The van der Waals surface area contributed by atoms with E-state index < -0.39 is 0 Å². The van der Waals surface area contributed by atoms with Crippen molar-refractivity contribution in [3.8, 4) is 0 Å². The SMILES string of the molecule is CCCCCCCCNC(=O)CCC(=O)OCC=C(C)CCC=C(C)C. The van der Waals surface area contributed by atoms with E-state index in [1.807, 2.05) is 13.0 Å². The molecule has 0 rings (SSSR count). The molecule has 0 aliphatic carbocycles. The zero-order valence-corrected chi connectivity index (χ0v) is 17.4. The van der Waals surface area contributed by atoms with Gasteiger partial charge in [0.05, 0.1) is 6.42 Å². The second kappa shape index (κ2) is 16.9. The zero-order valence-electron chi connectivity index (χ0n) is 17.4. The second-order valence-corrected chi connectivity index (χ2v) is 7.17. The fourth-order valence-corrected chi connectivity index (χ4v) is 2.48. The van der Waals surface area contributed by atoms with Gasteiger partial charge in [-0.1, -0.05) is 56.3 Å². The number of allylic oxidation sites excluding steroid dienone is 3. The molecule has 4 heteroatoms. The number of nitrogens with one attached hydrogen (secondary N) is 1. The lowest BCUT2D eigenvalue weighted by atomic mass is 10.1. The smallest absolute Gasteiger partial charge is 0.306 e. The molecule has 0 saturated heterocycles. The topological polar surface area (TPSA) is 55.4 Å². The van der Waals surface area contributed by atoms with Crippen LogP contribution in [0.3, 0.4) is 0 Å². The van der Waals surface area contributed by atoms with Crippen LogP contribution in [0.25, 0.3) is 0 Å². The maximum atomic E-state index is 11.7. The van der Waals surface area contributed by atoms with E-state index in [2.05, 4.69) is 32.2 Å². The summed E-state index contributed by atoms with van der Waals surface area (Å²) in [5.41, 5.74) is 2.53. The normalized spacial score (nSPS) is 11.2. The van der Waals surface area contributed by atoms with E-state index in [1.54, 1.807) is 0 Å². The maximum absolute atomic E-state index is 11.7. The lowest BCUT2D eigenvalue weighted by molar-refractivity contribution is -0.143. The summed E-state index contributed by atoms with van der Waals surface area (Å²) in [5, 5.41) is 2.87. The minimum absolute atomic E-state index is 0.0658. The molecular formula is C22H39NO3. The monoisotopic (exact) mass is 365 g/mol. The van der Waals surface area contributed by atoms with Crippen LogP contribution in [0, 0.1) is 0 Å². The van der Waals surface area contributed by atoms with Crippen molar-refractivity contribution >= 4 is 11.9 Å². The van der Waals surface area contributed by atoms with Crippen molar-refractivity contribution in [1.29, 1.82) is 0 Å². The van der Waals surface area contributed by atoms with E-state index in [0.717, 1.165) is 25.7 Å². The van der Waals surface area contributed by atoms with Gasteiger partial charge in [-0.25, -0.2) is 0 Å². The van der Waals surface area contributed by atoms with Gasteiger partial charge in [0.25, 0.3) is 0 Å². The molecule has 0 heterocycles. The number of carbonyl (C=O) groups excluding carboxylic acids is 2. The van der Waals surface area contributed by atoms with Gasteiger partial charge < -0.3 is 10.1 Å². The fourth-order valence-electron chi connectivity index (χ4n) is 2.48. The molecular weight excluding hydrogens is 326 g/mol. The number of hydrogen-bond acceptors (Lipinski definition) is 3. The molecule has 0 saturated carbocycles. The van der Waals surface area contributed by atoms with Gasteiger partial charge in [-0.2, -0.15) is 0 Å². The molecule has 0 unspecified atom stereocenters. The highest BCUT2D eigenvalue weighted by Gasteiger charge is 2.07. The number of amides is 1. The Kier molecular flexibility index (Phi) is 15.8. The number of esters is 1. The van der Waals surface area contributed by atoms with Gasteiger partial charge in [0.1, 0.15) is 6.61 Å². The van der Waals surface area contributed by atoms with Crippen molar-refractivity contribution in [3.05, 3.63) is 23.3 Å². The molecule has 0 radical (unpaired) electrons. The molecule has 150 valence electrons. The first-order valence-corrected chi connectivity index (χ1v) is 10.2. The Bertz CT molecular complexity index is 448. The van der Waals surface area contributed by atoms with Crippen LogP contribution in [-0.4, -0.2) is 25.0 Å². The van der Waals surface area contributed by atoms with Crippen LogP contribution in [0.5, 0.6) is 0 Å². The van der Waals surface area contributed by atoms with Gasteiger partial charge in [-0.05, 0) is 46.1 Å². The molecule has 0 atom stereocenters. The molecule has 0 aliphatic rings. The molecule has 26 heavy (non-hydrogen) atoms. The van der Waals surface area contributed by atoms with E-state index in [1.165, 1.54) is 36.8 Å². The van der Waals surface area contributed by atoms with Crippen LogP contribution < -0.4 is 5.32 Å². The van der Waals surface area contributed by atoms with Gasteiger partial charge >= 0.3 is 5.97 Å². The molecule has 0 aromatic heterocycles. The molecule has 4 nitrogen and oxygen atoms in total. The van der Waals surface area contributed by atoms with Gasteiger partial charge in [0, 0.05) is 13.0 Å². The third-order valence-corrected chi connectivity index (χ3v) is 4.18. The van der Waals surface area contributed by atoms with E-state index in [-0.39, 0.29) is 24.7 Å². The number of hydrogen-bond donors (Lipinski definition) is 1.